The second-order valence-corrected chi connectivity index (χ2v) is 9.78. The minimum absolute atomic E-state index is 0.0216. The Morgan fingerprint density at radius 1 is 0.974 bits per heavy atom. The summed E-state index contributed by atoms with van der Waals surface area (Å²) in [6, 6.07) is 22.5. The zero-order chi connectivity index (χ0) is 28.2. The van der Waals surface area contributed by atoms with Crippen LogP contribution in [0.2, 0.25) is 0 Å². The molecule has 0 spiro atoms. The number of anilines is 1. The molecule has 3 aromatic rings. The Bertz CT molecular complexity index is 1220. The number of ether oxygens (including phenoxy) is 1. The van der Waals surface area contributed by atoms with Crippen molar-refractivity contribution in [3.05, 3.63) is 95.1 Å². The average Bonchev–Trinajstić information content (AvgIpc) is 2.95. The number of nitrogens with one attached hydrogen (secondary N) is 2. The molecule has 0 aromatic heterocycles. The van der Waals surface area contributed by atoms with Crippen LogP contribution in [0.4, 0.5) is 5.69 Å². The van der Waals surface area contributed by atoms with E-state index in [4.69, 9.17) is 4.74 Å². The summed E-state index contributed by atoms with van der Waals surface area (Å²) in [7, 11) is 1.63. The van der Waals surface area contributed by atoms with Crippen LogP contribution in [0, 0.1) is 6.92 Å². The Kier molecular flexibility index (Phi) is 11.5. The first-order chi connectivity index (χ1) is 18.8. The van der Waals surface area contributed by atoms with Gasteiger partial charge in [0, 0.05) is 37.3 Å². The van der Waals surface area contributed by atoms with E-state index < -0.39 is 12.1 Å². The second kappa shape index (κ2) is 15.0. The Hall–Kier alpha value is -3.68. The number of rotatable bonds is 14. The highest BCUT2D eigenvalue weighted by Gasteiger charge is 2.23. The Labute approximate surface area is 232 Å². The Morgan fingerprint density at radius 3 is 2.41 bits per heavy atom. The van der Waals surface area contributed by atoms with E-state index in [0.717, 1.165) is 28.9 Å². The quantitative estimate of drug-likeness (QED) is 0.282. The van der Waals surface area contributed by atoms with Gasteiger partial charge in [-0.3, -0.25) is 9.59 Å². The maximum absolute atomic E-state index is 13.5. The van der Waals surface area contributed by atoms with Gasteiger partial charge in [0.15, 0.2) is 0 Å². The molecule has 0 fully saturated rings. The van der Waals surface area contributed by atoms with Crippen molar-refractivity contribution in [2.75, 3.05) is 25.1 Å². The van der Waals surface area contributed by atoms with Crippen LogP contribution in [0.15, 0.2) is 72.8 Å². The molecule has 7 heteroatoms. The lowest BCUT2D eigenvalue weighted by molar-refractivity contribution is -0.118. The van der Waals surface area contributed by atoms with Crippen molar-refractivity contribution in [2.24, 2.45) is 0 Å². The highest BCUT2D eigenvalue weighted by Crippen LogP contribution is 2.21. The summed E-state index contributed by atoms with van der Waals surface area (Å²) < 4.78 is 5.29. The highest BCUT2D eigenvalue weighted by molar-refractivity contribution is 5.98. The van der Waals surface area contributed by atoms with Crippen molar-refractivity contribution in [2.45, 2.75) is 58.7 Å². The molecular formula is C32H41N3O4. The summed E-state index contributed by atoms with van der Waals surface area (Å²) in [6.07, 6.45) is 0.852. The average molecular weight is 532 g/mol. The summed E-state index contributed by atoms with van der Waals surface area (Å²) in [5, 5.41) is 17.5. The number of aliphatic hydroxyl groups is 1. The van der Waals surface area contributed by atoms with Crippen molar-refractivity contribution in [3.63, 3.8) is 0 Å². The molecule has 0 bridgehead atoms. The summed E-state index contributed by atoms with van der Waals surface area (Å²) in [4.78, 5) is 27.8. The van der Waals surface area contributed by atoms with Crippen LogP contribution in [0.1, 0.15) is 53.7 Å². The first-order valence-corrected chi connectivity index (χ1v) is 13.6. The number of aliphatic hydroxyl groups excluding tert-OH is 1. The van der Waals surface area contributed by atoms with Crippen LogP contribution in [-0.2, 0) is 17.8 Å². The second-order valence-electron chi connectivity index (χ2n) is 9.78. The number of hydrogen-bond acceptors (Lipinski definition) is 5. The molecule has 3 aromatic carbocycles. The minimum atomic E-state index is -0.831. The third-order valence-corrected chi connectivity index (χ3v) is 6.58. The van der Waals surface area contributed by atoms with Crippen molar-refractivity contribution in [1.82, 2.24) is 10.6 Å². The number of amides is 2. The van der Waals surface area contributed by atoms with Crippen LogP contribution in [-0.4, -0.2) is 49.3 Å². The number of nitrogens with zero attached hydrogens (tertiary/aromatic N) is 1. The third kappa shape index (κ3) is 8.94. The van der Waals surface area contributed by atoms with Gasteiger partial charge in [0.1, 0.15) is 5.75 Å². The molecular weight excluding hydrogens is 490 g/mol. The van der Waals surface area contributed by atoms with Gasteiger partial charge < -0.3 is 25.4 Å². The molecule has 3 rings (SSSR count). The molecule has 3 N–H and O–H groups in total. The van der Waals surface area contributed by atoms with Crippen LogP contribution in [0.3, 0.4) is 0 Å². The molecule has 0 aliphatic carbocycles. The number of methoxy groups -OCH3 is 1. The van der Waals surface area contributed by atoms with Crippen molar-refractivity contribution in [1.29, 1.82) is 0 Å². The van der Waals surface area contributed by atoms with E-state index in [9.17, 15) is 14.7 Å². The number of hydrogen-bond donors (Lipinski definition) is 3. The minimum Gasteiger partial charge on any atom is -0.497 e. The fraction of sp³-hybridized carbons (Fsp3) is 0.375. The summed E-state index contributed by atoms with van der Waals surface area (Å²) in [5.74, 6) is 0.515. The largest absolute Gasteiger partial charge is 0.497 e. The number of carbonyl (C=O) groups excluding carboxylic acids is 2. The van der Waals surface area contributed by atoms with Gasteiger partial charge in [-0.25, -0.2) is 0 Å². The van der Waals surface area contributed by atoms with Gasteiger partial charge in [0.25, 0.3) is 5.91 Å². The third-order valence-electron chi connectivity index (χ3n) is 6.58. The SMILES string of the molecule is CCCN(C(=O)CC)c1cc(C)cc(C(=O)N[C@@H](Cc2ccccc2)[C@H](O)CNCc2cccc(OC)c2)c1. The van der Waals surface area contributed by atoms with Gasteiger partial charge in [0.2, 0.25) is 5.91 Å². The predicted molar refractivity (Wildman–Crippen MR) is 156 cm³/mol. The number of carbonyl (C=O) groups is 2. The first kappa shape index (κ1) is 29.9. The molecule has 0 aliphatic heterocycles. The first-order valence-electron chi connectivity index (χ1n) is 13.6. The van der Waals surface area contributed by atoms with Gasteiger partial charge in [-0.1, -0.05) is 56.3 Å². The normalized spacial score (nSPS) is 12.4. The summed E-state index contributed by atoms with van der Waals surface area (Å²) in [5.41, 5.74) is 4.12. The Morgan fingerprint density at radius 2 is 1.72 bits per heavy atom. The van der Waals surface area contributed by atoms with Gasteiger partial charge in [-0.15, -0.1) is 0 Å². The van der Waals surface area contributed by atoms with E-state index in [1.807, 2.05) is 87.5 Å². The van der Waals surface area contributed by atoms with E-state index >= 15 is 0 Å². The van der Waals surface area contributed by atoms with Gasteiger partial charge in [0.05, 0.1) is 19.3 Å². The van der Waals surface area contributed by atoms with Crippen LogP contribution >= 0.6 is 0 Å². The van der Waals surface area contributed by atoms with Crippen LogP contribution < -0.4 is 20.3 Å². The van der Waals surface area contributed by atoms with E-state index in [1.54, 1.807) is 18.1 Å². The molecule has 0 unspecified atom stereocenters. The van der Waals surface area contributed by atoms with Gasteiger partial charge >= 0.3 is 0 Å². The summed E-state index contributed by atoms with van der Waals surface area (Å²) in [6.45, 7) is 7.22. The molecule has 2 amide bonds. The molecule has 39 heavy (non-hydrogen) atoms. The van der Waals surface area contributed by atoms with Crippen molar-refractivity contribution >= 4 is 17.5 Å². The van der Waals surface area contributed by atoms with Gasteiger partial charge in [-0.2, -0.15) is 0 Å². The fourth-order valence-corrected chi connectivity index (χ4v) is 4.55. The maximum atomic E-state index is 13.5. The monoisotopic (exact) mass is 531 g/mol. The molecule has 0 radical (unpaired) electrons. The smallest absolute Gasteiger partial charge is 0.251 e. The standard InChI is InChI=1S/C32H41N3O4/c1-5-15-35(31(37)6-2)27-17-23(3)16-26(20-27)32(38)34-29(19-24-11-8-7-9-12-24)30(36)22-33-21-25-13-10-14-28(18-25)39-4/h7-14,16-18,20,29-30,33,36H,5-6,15,19,21-22H2,1-4H3,(H,34,38)/t29-,30+/m0/s1. The lowest BCUT2D eigenvalue weighted by Gasteiger charge is -2.26. The van der Waals surface area contributed by atoms with Crippen LogP contribution in [0.5, 0.6) is 5.75 Å². The number of aryl methyl sites for hydroxylation is 1. The maximum Gasteiger partial charge on any atom is 0.251 e. The van der Waals surface area contributed by atoms with E-state index in [1.165, 1.54) is 0 Å². The van der Waals surface area contributed by atoms with E-state index in [0.29, 0.717) is 43.7 Å². The zero-order valence-corrected chi connectivity index (χ0v) is 23.4. The molecule has 0 saturated heterocycles. The molecule has 0 saturated carbocycles. The van der Waals surface area contributed by atoms with Crippen molar-refractivity contribution in [3.8, 4) is 5.75 Å². The topological polar surface area (TPSA) is 90.9 Å². The van der Waals surface area contributed by atoms with Gasteiger partial charge in [-0.05, 0) is 66.8 Å². The predicted octanol–water partition coefficient (Wildman–Crippen LogP) is 4.65. The number of benzene rings is 3. The molecule has 0 aliphatic rings. The lowest BCUT2D eigenvalue weighted by Crippen LogP contribution is -2.48. The molecule has 208 valence electrons. The highest BCUT2D eigenvalue weighted by atomic mass is 16.5. The van der Waals surface area contributed by atoms with E-state index in [2.05, 4.69) is 10.6 Å². The fourth-order valence-electron chi connectivity index (χ4n) is 4.55. The van der Waals surface area contributed by atoms with Crippen molar-refractivity contribution < 1.29 is 19.4 Å². The van der Waals surface area contributed by atoms with Crippen LogP contribution in [0.25, 0.3) is 0 Å². The van der Waals surface area contributed by atoms with E-state index in [-0.39, 0.29) is 11.8 Å². The zero-order valence-electron chi connectivity index (χ0n) is 23.4. The molecule has 7 nitrogen and oxygen atoms in total. The molecule has 0 heterocycles. The lowest BCUT2D eigenvalue weighted by atomic mass is 10.00. The summed E-state index contributed by atoms with van der Waals surface area (Å²) >= 11 is 0. The Balaban J connectivity index is 1.76. The molecule has 2 atom stereocenters.